The first-order chi connectivity index (χ1) is 31.9. The molecule has 1 aliphatic rings. The van der Waals surface area contributed by atoms with Gasteiger partial charge < -0.3 is 15.5 Å². The van der Waals surface area contributed by atoms with Crippen molar-refractivity contribution in [3.05, 3.63) is 162 Å². The molecule has 3 N–H and O–H groups in total. The maximum atomic E-state index is 16.6. The number of nitrogens with two attached hydrogens (primary N) is 1. The summed E-state index contributed by atoms with van der Waals surface area (Å²) in [6, 6.07) is 34.5. The summed E-state index contributed by atoms with van der Waals surface area (Å²) in [4.78, 5) is 71.3. The van der Waals surface area contributed by atoms with Crippen LogP contribution in [0.1, 0.15) is 95.5 Å². The Kier molecular flexibility index (Phi) is 14.5. The molecule has 4 atom stereocenters. The zero-order valence-electron chi connectivity index (χ0n) is 37.8. The number of anilines is 1. The van der Waals surface area contributed by atoms with Gasteiger partial charge in [-0.25, -0.2) is 19.6 Å². The Hall–Kier alpha value is -6.32. The van der Waals surface area contributed by atoms with Crippen LogP contribution in [0.3, 0.4) is 0 Å². The van der Waals surface area contributed by atoms with E-state index in [1.807, 2.05) is 122 Å². The average Bonchev–Trinajstić information content (AvgIpc) is 4.10. The highest BCUT2D eigenvalue weighted by atomic mass is 32.2. The Labute approximate surface area is 391 Å². The van der Waals surface area contributed by atoms with E-state index >= 15 is 9.59 Å². The van der Waals surface area contributed by atoms with Gasteiger partial charge in [0.05, 0.1) is 17.4 Å². The van der Waals surface area contributed by atoms with Gasteiger partial charge in [0.2, 0.25) is 22.1 Å². The van der Waals surface area contributed by atoms with Crippen LogP contribution in [0, 0.1) is 5.92 Å². The van der Waals surface area contributed by atoms with Crippen LogP contribution in [0.25, 0.3) is 10.4 Å². The molecule has 2 amide bonds. The molecule has 1 saturated heterocycles. The number of hydrogen-bond acceptors (Lipinski definition) is 10. The van der Waals surface area contributed by atoms with E-state index < -0.39 is 62.3 Å². The molecule has 3 heterocycles. The van der Waals surface area contributed by atoms with Crippen molar-refractivity contribution < 1.29 is 32.3 Å². The number of carbonyl (C=O) groups is 4. The van der Waals surface area contributed by atoms with Crippen molar-refractivity contribution >= 4 is 55.9 Å². The van der Waals surface area contributed by atoms with E-state index in [2.05, 4.69) is 9.97 Å². The molecule has 0 spiro atoms. The van der Waals surface area contributed by atoms with Crippen molar-refractivity contribution in [3.63, 3.8) is 0 Å². The van der Waals surface area contributed by atoms with Gasteiger partial charge in [-0.05, 0) is 53.5 Å². The minimum Gasteiger partial charge on any atom is -0.422 e. The van der Waals surface area contributed by atoms with E-state index in [1.54, 1.807) is 39.1 Å². The standard InChI is InChI=1S/C52H55N5O7S2/c1-6-10-31-43(58)52(49(61)64-40-29-20-28-38(41-30-21-32-65-41)46(40)56(44(59)8-3)45(60)9-4)47(53)39(7-2)50(5,42-33-54-34-55-42)48(66(62)63)57(52)51(35-22-14-11-15-23-35,36-24-16-12-17-25-36)37-26-18-13-19-27-37/h11-30,32-34,39,47H,6-10,31,53H2,1-5H3,(H,54,55). The Morgan fingerprint density at radius 2 is 1.39 bits per heavy atom. The molecule has 342 valence electrons. The molecule has 0 saturated carbocycles. The number of imide groups is 1. The van der Waals surface area contributed by atoms with Gasteiger partial charge in [0.15, 0.2) is 17.1 Å². The van der Waals surface area contributed by atoms with Crippen LogP contribution in [0.5, 0.6) is 5.75 Å². The number of Topliss-reactive ketones (excluding diaryl/α,β-unsaturated/α-hetero) is 1. The van der Waals surface area contributed by atoms with Crippen LogP contribution in [0.15, 0.2) is 139 Å². The molecule has 66 heavy (non-hydrogen) atoms. The van der Waals surface area contributed by atoms with E-state index in [9.17, 15) is 18.0 Å². The number of nitrogens with one attached hydrogen (secondary N) is 1. The number of para-hydroxylation sites is 1. The summed E-state index contributed by atoms with van der Waals surface area (Å²) in [5.41, 5.74) is 4.11. The summed E-state index contributed by atoms with van der Waals surface area (Å²) in [7, 11) is -3.20. The maximum absolute atomic E-state index is 16.6. The third kappa shape index (κ3) is 7.85. The number of unbranched alkanes of at least 4 members (excludes halogenated alkanes) is 1. The smallest absolute Gasteiger partial charge is 0.341 e. The molecule has 1 aliphatic heterocycles. The number of nitrogens with zero attached hydrogens (tertiary/aromatic N) is 3. The molecule has 6 aromatic rings. The lowest BCUT2D eigenvalue weighted by Gasteiger charge is -2.62. The first-order valence-electron chi connectivity index (χ1n) is 22.4. The third-order valence-corrected chi connectivity index (χ3v) is 14.8. The number of ether oxygens (including phenoxy) is 1. The lowest BCUT2D eigenvalue weighted by atomic mass is 9.57. The predicted octanol–water partition coefficient (Wildman–Crippen LogP) is 8.85. The van der Waals surface area contributed by atoms with E-state index in [1.165, 1.54) is 28.6 Å². The van der Waals surface area contributed by atoms with E-state index in [0.717, 1.165) is 4.90 Å². The lowest BCUT2D eigenvalue weighted by molar-refractivity contribution is -0.161. The van der Waals surface area contributed by atoms with Crippen LogP contribution < -0.4 is 15.4 Å². The topological polar surface area (TPSA) is 173 Å². The van der Waals surface area contributed by atoms with Crippen molar-refractivity contribution in [3.8, 4) is 16.2 Å². The van der Waals surface area contributed by atoms with Crippen molar-refractivity contribution in [1.82, 2.24) is 14.9 Å². The summed E-state index contributed by atoms with van der Waals surface area (Å²) < 4.78 is 36.6. The number of piperidine rings is 1. The van der Waals surface area contributed by atoms with Crippen LogP contribution in [-0.4, -0.2) is 63.4 Å². The summed E-state index contributed by atoms with van der Waals surface area (Å²) in [5.74, 6) is -4.04. The van der Waals surface area contributed by atoms with Crippen molar-refractivity contribution in [1.29, 1.82) is 0 Å². The van der Waals surface area contributed by atoms with Crippen molar-refractivity contribution in [2.75, 3.05) is 4.90 Å². The van der Waals surface area contributed by atoms with Crippen molar-refractivity contribution in [2.24, 2.45) is 11.7 Å². The number of ketones is 1. The summed E-state index contributed by atoms with van der Waals surface area (Å²) >= 11 is 1.36. The largest absolute Gasteiger partial charge is 0.422 e. The fourth-order valence-electron chi connectivity index (χ4n) is 9.97. The predicted molar refractivity (Wildman–Crippen MR) is 258 cm³/mol. The number of H-pyrrole nitrogens is 1. The fourth-order valence-corrected chi connectivity index (χ4v) is 11.8. The van der Waals surface area contributed by atoms with Gasteiger partial charge in [0, 0.05) is 41.9 Å². The van der Waals surface area contributed by atoms with Crippen LogP contribution in [0.2, 0.25) is 0 Å². The molecule has 2 aromatic heterocycles. The van der Waals surface area contributed by atoms with Gasteiger partial charge in [-0.2, -0.15) is 8.42 Å². The zero-order chi connectivity index (χ0) is 47.2. The Morgan fingerprint density at radius 3 is 1.85 bits per heavy atom. The number of likely N-dealkylation sites (tertiary alicyclic amines) is 1. The number of aromatic nitrogens is 2. The second-order valence-electron chi connectivity index (χ2n) is 16.5. The normalized spacial score (nSPS) is 19.8. The van der Waals surface area contributed by atoms with Gasteiger partial charge in [0.1, 0.15) is 16.2 Å². The minimum atomic E-state index is -3.20. The van der Waals surface area contributed by atoms with E-state index in [-0.39, 0.29) is 42.1 Å². The highest BCUT2D eigenvalue weighted by Crippen LogP contribution is 2.56. The number of amides is 2. The highest BCUT2D eigenvalue weighted by Gasteiger charge is 2.73. The molecular formula is C52H55N5O7S2. The third-order valence-electron chi connectivity index (χ3n) is 13.0. The van der Waals surface area contributed by atoms with Crippen LogP contribution >= 0.6 is 11.3 Å². The van der Waals surface area contributed by atoms with Crippen LogP contribution in [-0.2, 0) is 40.4 Å². The Balaban J connectivity index is 1.70. The Morgan fingerprint density at radius 1 is 0.818 bits per heavy atom. The molecule has 1 fully saturated rings. The number of thiophene rings is 1. The monoisotopic (exact) mass is 925 g/mol. The molecule has 0 aliphatic carbocycles. The molecular weight excluding hydrogens is 871 g/mol. The number of benzene rings is 4. The number of hydrogen-bond donors (Lipinski definition) is 2. The number of aromatic amines is 1. The van der Waals surface area contributed by atoms with Crippen LogP contribution in [0.4, 0.5) is 5.69 Å². The summed E-state index contributed by atoms with van der Waals surface area (Å²) in [6.45, 7) is 8.78. The highest BCUT2D eigenvalue weighted by molar-refractivity contribution is 7.73. The van der Waals surface area contributed by atoms with Gasteiger partial charge >= 0.3 is 5.97 Å². The number of imidazole rings is 1. The average molecular weight is 926 g/mol. The first kappa shape index (κ1) is 47.6. The van der Waals surface area contributed by atoms with E-state index in [0.29, 0.717) is 45.7 Å². The second kappa shape index (κ2) is 20.0. The van der Waals surface area contributed by atoms with Gasteiger partial charge in [-0.3, -0.25) is 14.4 Å². The Bertz CT molecular complexity index is 2700. The van der Waals surface area contributed by atoms with Gasteiger partial charge in [-0.15, -0.1) is 11.3 Å². The first-order valence-corrected chi connectivity index (χ1v) is 24.3. The lowest BCUT2D eigenvalue weighted by Crippen LogP contribution is -2.84. The molecule has 4 unspecified atom stereocenters. The minimum absolute atomic E-state index is 0.0181. The summed E-state index contributed by atoms with van der Waals surface area (Å²) in [6.07, 6.45) is 3.87. The van der Waals surface area contributed by atoms with Crippen molar-refractivity contribution in [2.45, 2.75) is 95.7 Å². The number of carbonyl (C=O) groups excluding carboxylic acids is 4. The maximum Gasteiger partial charge on any atom is 0.341 e. The quantitative estimate of drug-likeness (QED) is 0.0314. The molecule has 12 nitrogen and oxygen atoms in total. The van der Waals surface area contributed by atoms with E-state index in [4.69, 9.17) is 10.5 Å². The van der Waals surface area contributed by atoms with Gasteiger partial charge in [0.25, 0.3) is 0 Å². The fraction of sp³-hybridized carbons (Fsp3) is 0.308. The van der Waals surface area contributed by atoms with Gasteiger partial charge in [-0.1, -0.05) is 150 Å². The molecule has 14 heteroatoms. The SMILES string of the molecule is CCCCC(=O)C1(C(=O)Oc2cccc(-c3cccs3)c2N(C(=O)CC)C(=O)CC)C(N)C(CC)C(C)(c2c[nH]cn2)C(=S(=O)=O)N1C(c1ccccc1)(c1ccccc1)c1ccccc1. The molecule has 0 bridgehead atoms. The second-order valence-corrected chi connectivity index (χ2v) is 18.3. The molecule has 4 aromatic carbocycles. The molecule has 7 rings (SSSR count). The number of esters is 1. The summed E-state index contributed by atoms with van der Waals surface area (Å²) in [5, 5.41) is 1.85. The molecule has 0 radical (unpaired) electrons. The zero-order valence-corrected chi connectivity index (χ0v) is 39.4. The number of rotatable bonds is 16.